The molecule has 1 heterocycles. The Hall–Kier alpha value is -0.920. The van der Waals surface area contributed by atoms with E-state index in [1.165, 1.54) is 0 Å². The molecule has 1 aromatic rings. The molecule has 5 nitrogen and oxygen atoms in total. The van der Waals surface area contributed by atoms with Gasteiger partial charge in [0.1, 0.15) is 6.04 Å². The van der Waals surface area contributed by atoms with Gasteiger partial charge < -0.3 is 4.74 Å². The fourth-order valence-electron chi connectivity index (χ4n) is 1.66. The summed E-state index contributed by atoms with van der Waals surface area (Å²) in [5.41, 5.74) is 0. The molecule has 2 unspecified atom stereocenters. The van der Waals surface area contributed by atoms with E-state index in [0.29, 0.717) is 12.8 Å². The second-order valence-electron chi connectivity index (χ2n) is 4.75. The van der Waals surface area contributed by atoms with Gasteiger partial charge in [-0.3, -0.25) is 4.79 Å². The average molecular weight is 319 g/mol. The number of hydrogen-bond acceptors (Lipinski definition) is 5. The summed E-state index contributed by atoms with van der Waals surface area (Å²) in [7, 11) is -3.44. The molecule has 0 saturated heterocycles. The summed E-state index contributed by atoms with van der Waals surface area (Å²) in [4.78, 5) is 13.1. The number of thiophene rings is 1. The second-order valence-corrected chi connectivity index (χ2v) is 7.56. The van der Waals surface area contributed by atoms with Crippen LogP contribution in [-0.4, -0.2) is 33.3 Å². The van der Waals surface area contributed by atoms with E-state index in [1.807, 2.05) is 31.4 Å². The van der Waals surface area contributed by atoms with Crippen LogP contribution in [0.5, 0.6) is 0 Å². The molecule has 0 spiro atoms. The molecule has 20 heavy (non-hydrogen) atoms. The average Bonchev–Trinajstić information content (AvgIpc) is 2.87. The quantitative estimate of drug-likeness (QED) is 0.742. The Morgan fingerprint density at radius 1 is 1.50 bits per heavy atom. The molecular weight excluding hydrogens is 298 g/mol. The Bertz CT molecular complexity index is 510. The van der Waals surface area contributed by atoms with Crippen molar-refractivity contribution in [3.63, 3.8) is 0 Å². The molecule has 0 aliphatic rings. The van der Waals surface area contributed by atoms with Gasteiger partial charge in [0.05, 0.1) is 12.9 Å². The molecule has 114 valence electrons. The smallest absolute Gasteiger partial charge is 0.324 e. The number of esters is 1. The van der Waals surface area contributed by atoms with Crippen LogP contribution in [0.2, 0.25) is 0 Å². The molecule has 0 fully saturated rings. The van der Waals surface area contributed by atoms with Gasteiger partial charge in [-0.2, -0.15) is 0 Å². The zero-order chi connectivity index (χ0) is 15.2. The molecule has 0 saturated carbocycles. The zero-order valence-electron chi connectivity index (χ0n) is 12.0. The molecule has 0 aromatic carbocycles. The lowest BCUT2D eigenvalue weighted by Crippen LogP contribution is -2.45. The number of nitrogens with one attached hydrogen (secondary N) is 1. The summed E-state index contributed by atoms with van der Waals surface area (Å²) in [5.74, 6) is -0.625. The Balaban J connectivity index is 2.54. The number of ether oxygens (including phenoxy) is 1. The zero-order valence-corrected chi connectivity index (χ0v) is 13.6. The molecule has 0 aliphatic heterocycles. The summed E-state index contributed by atoms with van der Waals surface area (Å²) in [5, 5.41) is 1.96. The lowest BCUT2D eigenvalue weighted by Gasteiger charge is -2.21. The second kappa shape index (κ2) is 7.75. The summed E-state index contributed by atoms with van der Waals surface area (Å²) < 4.78 is 30.2. The highest BCUT2D eigenvalue weighted by atomic mass is 32.2. The van der Waals surface area contributed by atoms with E-state index in [4.69, 9.17) is 4.74 Å². The first-order valence-corrected chi connectivity index (χ1v) is 9.27. The van der Waals surface area contributed by atoms with Crippen molar-refractivity contribution in [3.8, 4) is 0 Å². The number of hydrogen-bond donors (Lipinski definition) is 1. The van der Waals surface area contributed by atoms with Crippen molar-refractivity contribution in [2.24, 2.45) is 5.92 Å². The van der Waals surface area contributed by atoms with Gasteiger partial charge in [0.15, 0.2) is 0 Å². The summed E-state index contributed by atoms with van der Waals surface area (Å²) >= 11 is 1.60. The predicted molar refractivity (Wildman–Crippen MR) is 80.2 cm³/mol. The van der Waals surface area contributed by atoms with E-state index < -0.39 is 22.0 Å². The highest BCUT2D eigenvalue weighted by molar-refractivity contribution is 7.88. The minimum atomic E-state index is -3.44. The molecule has 0 amide bonds. The standard InChI is InChI=1S/C13H21NO4S2/c1-4-10(2)12(14-20(3,16)17)13(15)18-8-7-11-6-5-9-19-11/h5-6,9-10,12,14H,4,7-8H2,1-3H3. The number of carbonyl (C=O) groups excluding carboxylic acids is 1. The van der Waals surface area contributed by atoms with Crippen LogP contribution >= 0.6 is 11.3 Å². The third-order valence-electron chi connectivity index (χ3n) is 2.98. The molecule has 0 radical (unpaired) electrons. The van der Waals surface area contributed by atoms with Crippen molar-refractivity contribution in [1.82, 2.24) is 4.72 Å². The van der Waals surface area contributed by atoms with Gasteiger partial charge in [-0.1, -0.05) is 26.3 Å². The molecule has 1 rings (SSSR count). The lowest BCUT2D eigenvalue weighted by molar-refractivity contribution is -0.146. The van der Waals surface area contributed by atoms with E-state index in [-0.39, 0.29) is 12.5 Å². The third-order valence-corrected chi connectivity index (χ3v) is 4.60. The SMILES string of the molecule is CCC(C)C(NS(C)(=O)=O)C(=O)OCCc1cccs1. The highest BCUT2D eigenvalue weighted by Crippen LogP contribution is 2.12. The molecule has 7 heteroatoms. The summed E-state index contributed by atoms with van der Waals surface area (Å²) in [6.07, 6.45) is 2.38. The van der Waals surface area contributed by atoms with Gasteiger partial charge in [0.2, 0.25) is 10.0 Å². The molecule has 0 aliphatic carbocycles. The molecular formula is C13H21NO4S2. The van der Waals surface area contributed by atoms with Crippen LogP contribution in [0.25, 0.3) is 0 Å². The Morgan fingerprint density at radius 3 is 2.70 bits per heavy atom. The van der Waals surface area contributed by atoms with E-state index >= 15 is 0 Å². The molecule has 1 N–H and O–H groups in total. The Morgan fingerprint density at radius 2 is 2.20 bits per heavy atom. The maximum atomic E-state index is 12.0. The third kappa shape index (κ3) is 6.02. The predicted octanol–water partition coefficient (Wildman–Crippen LogP) is 1.80. The van der Waals surface area contributed by atoms with Crippen molar-refractivity contribution in [3.05, 3.63) is 22.4 Å². The first kappa shape index (κ1) is 17.1. The van der Waals surface area contributed by atoms with Crippen LogP contribution in [0.15, 0.2) is 17.5 Å². The molecule has 2 atom stereocenters. The topological polar surface area (TPSA) is 72.5 Å². The molecule has 1 aromatic heterocycles. The van der Waals surface area contributed by atoms with Crippen LogP contribution < -0.4 is 4.72 Å². The first-order chi connectivity index (χ1) is 9.33. The van der Waals surface area contributed by atoms with Gasteiger partial charge in [-0.05, 0) is 17.4 Å². The van der Waals surface area contributed by atoms with Crippen LogP contribution in [-0.2, 0) is 26.0 Å². The largest absolute Gasteiger partial charge is 0.464 e. The van der Waals surface area contributed by atoms with Crippen LogP contribution in [0, 0.1) is 5.92 Å². The fourth-order valence-corrected chi connectivity index (χ4v) is 3.14. The van der Waals surface area contributed by atoms with E-state index in [2.05, 4.69) is 4.72 Å². The maximum absolute atomic E-state index is 12.0. The number of sulfonamides is 1. The molecule has 0 bridgehead atoms. The fraction of sp³-hybridized carbons (Fsp3) is 0.615. The Kier molecular flexibility index (Phi) is 6.64. The van der Waals surface area contributed by atoms with Crippen molar-refractivity contribution in [2.75, 3.05) is 12.9 Å². The van der Waals surface area contributed by atoms with Gasteiger partial charge in [0.25, 0.3) is 0 Å². The van der Waals surface area contributed by atoms with Gasteiger partial charge in [-0.15, -0.1) is 11.3 Å². The van der Waals surface area contributed by atoms with Crippen molar-refractivity contribution < 1.29 is 17.9 Å². The highest BCUT2D eigenvalue weighted by Gasteiger charge is 2.28. The van der Waals surface area contributed by atoms with E-state index in [1.54, 1.807) is 11.3 Å². The van der Waals surface area contributed by atoms with Crippen LogP contribution in [0.4, 0.5) is 0 Å². The normalized spacial score (nSPS) is 14.8. The van der Waals surface area contributed by atoms with E-state index in [0.717, 1.165) is 11.1 Å². The number of rotatable bonds is 8. The minimum Gasteiger partial charge on any atom is -0.464 e. The maximum Gasteiger partial charge on any atom is 0.324 e. The van der Waals surface area contributed by atoms with Crippen molar-refractivity contribution >= 4 is 27.3 Å². The van der Waals surface area contributed by atoms with Gasteiger partial charge in [-0.25, -0.2) is 13.1 Å². The minimum absolute atomic E-state index is 0.112. The van der Waals surface area contributed by atoms with E-state index in [9.17, 15) is 13.2 Å². The summed E-state index contributed by atoms with van der Waals surface area (Å²) in [6.45, 7) is 3.99. The lowest BCUT2D eigenvalue weighted by atomic mass is 10.0. The summed E-state index contributed by atoms with van der Waals surface area (Å²) in [6, 6.07) is 3.09. The van der Waals surface area contributed by atoms with Crippen LogP contribution in [0.1, 0.15) is 25.1 Å². The monoisotopic (exact) mass is 319 g/mol. The van der Waals surface area contributed by atoms with Crippen molar-refractivity contribution in [1.29, 1.82) is 0 Å². The van der Waals surface area contributed by atoms with Gasteiger partial charge in [0, 0.05) is 11.3 Å². The van der Waals surface area contributed by atoms with Gasteiger partial charge >= 0.3 is 5.97 Å². The Labute approximate surface area is 124 Å². The number of carbonyl (C=O) groups is 1. The van der Waals surface area contributed by atoms with Crippen LogP contribution in [0.3, 0.4) is 0 Å². The first-order valence-electron chi connectivity index (χ1n) is 6.49. The van der Waals surface area contributed by atoms with Crippen molar-refractivity contribution in [2.45, 2.75) is 32.7 Å².